The van der Waals surface area contributed by atoms with E-state index in [4.69, 9.17) is 49.0 Å². The third-order valence-corrected chi connectivity index (χ3v) is 5.42. The number of hydrogen-bond acceptors (Lipinski definition) is 6. The number of rotatable bonds is 8. The van der Waals surface area contributed by atoms with Crippen molar-refractivity contribution in [3.63, 3.8) is 0 Å². The molecule has 0 fully saturated rings. The summed E-state index contributed by atoms with van der Waals surface area (Å²) in [6.07, 6.45) is 0.635. The predicted molar refractivity (Wildman–Crippen MR) is 132 cm³/mol. The van der Waals surface area contributed by atoms with Crippen molar-refractivity contribution >= 4 is 52.9 Å². The van der Waals surface area contributed by atoms with E-state index in [1.54, 1.807) is 49.4 Å². The molecule has 0 heterocycles. The summed E-state index contributed by atoms with van der Waals surface area (Å²) in [4.78, 5) is 24.6. The number of carbonyl (C=O) groups excluding carboxylic acids is 2. The molecule has 0 radical (unpaired) electrons. The average Bonchev–Trinajstić information content (AvgIpc) is 2.82. The summed E-state index contributed by atoms with van der Waals surface area (Å²) in [7, 11) is 1.43. The molecule has 3 aromatic carbocycles. The number of amides is 1. The van der Waals surface area contributed by atoms with Gasteiger partial charge in [0.15, 0.2) is 17.6 Å². The van der Waals surface area contributed by atoms with Crippen LogP contribution in [0.1, 0.15) is 22.8 Å². The van der Waals surface area contributed by atoms with Crippen molar-refractivity contribution in [2.45, 2.75) is 13.0 Å². The molecule has 0 aliphatic heterocycles. The van der Waals surface area contributed by atoms with Gasteiger partial charge >= 0.3 is 5.97 Å². The summed E-state index contributed by atoms with van der Waals surface area (Å²) in [5.41, 5.74) is 3.24. The lowest BCUT2D eigenvalue weighted by molar-refractivity contribution is -0.127. The van der Waals surface area contributed by atoms with Crippen molar-refractivity contribution in [3.8, 4) is 17.2 Å². The highest BCUT2D eigenvalue weighted by Crippen LogP contribution is 2.29. The molecule has 1 N–H and O–H groups in total. The second kappa shape index (κ2) is 11.7. The van der Waals surface area contributed by atoms with Gasteiger partial charge in [0, 0.05) is 5.02 Å². The summed E-state index contributed by atoms with van der Waals surface area (Å²) in [5, 5.41) is 5.07. The smallest absolute Gasteiger partial charge is 0.343 e. The van der Waals surface area contributed by atoms with Gasteiger partial charge in [-0.1, -0.05) is 34.8 Å². The molecule has 34 heavy (non-hydrogen) atoms. The largest absolute Gasteiger partial charge is 0.493 e. The maximum atomic E-state index is 12.4. The lowest BCUT2D eigenvalue weighted by Crippen LogP contribution is -2.33. The first-order valence-electron chi connectivity index (χ1n) is 9.87. The van der Waals surface area contributed by atoms with E-state index in [0.29, 0.717) is 27.1 Å². The van der Waals surface area contributed by atoms with E-state index in [-0.39, 0.29) is 16.3 Å². The molecular formula is C24H19Cl3N2O5. The summed E-state index contributed by atoms with van der Waals surface area (Å²) >= 11 is 17.7. The van der Waals surface area contributed by atoms with Gasteiger partial charge in [0.25, 0.3) is 5.91 Å². The van der Waals surface area contributed by atoms with Crippen molar-refractivity contribution in [1.82, 2.24) is 5.43 Å². The fourth-order valence-corrected chi connectivity index (χ4v) is 3.09. The summed E-state index contributed by atoms with van der Waals surface area (Å²) in [6.45, 7) is 1.60. The van der Waals surface area contributed by atoms with Crippen LogP contribution in [0.25, 0.3) is 0 Å². The van der Waals surface area contributed by atoms with Crippen LogP contribution in [-0.4, -0.2) is 31.3 Å². The van der Waals surface area contributed by atoms with Gasteiger partial charge in [0.05, 0.1) is 28.9 Å². The van der Waals surface area contributed by atoms with E-state index in [9.17, 15) is 9.59 Å². The SMILES string of the molecule is COc1cc(/C=N\NC(=O)[C@H](C)Oc2ccc(Cl)cc2)ccc1OC(=O)c1ccc(Cl)c(Cl)c1. The minimum absolute atomic E-state index is 0.199. The highest BCUT2D eigenvalue weighted by atomic mass is 35.5. The van der Waals surface area contributed by atoms with Crippen molar-refractivity contribution < 1.29 is 23.8 Å². The van der Waals surface area contributed by atoms with E-state index in [1.807, 2.05) is 0 Å². The summed E-state index contributed by atoms with van der Waals surface area (Å²) in [6, 6.07) is 15.9. The van der Waals surface area contributed by atoms with Crippen LogP contribution in [0.15, 0.2) is 65.8 Å². The standard InChI is InChI=1S/C24H19Cl3N2O5/c1-14(33-18-7-5-17(25)6-8-18)23(30)29-28-13-15-3-10-21(22(11-15)32-2)34-24(31)16-4-9-19(26)20(27)12-16/h3-14H,1-2H3,(H,29,30)/b28-13-/t14-/m0/s1. The first kappa shape index (κ1) is 25.4. The topological polar surface area (TPSA) is 86.2 Å². The van der Waals surface area contributed by atoms with Gasteiger partial charge in [-0.25, -0.2) is 10.2 Å². The zero-order chi connectivity index (χ0) is 24.7. The van der Waals surface area contributed by atoms with Crippen molar-refractivity contribution in [3.05, 3.63) is 86.9 Å². The molecule has 3 rings (SSSR count). The Kier molecular flexibility index (Phi) is 8.76. The van der Waals surface area contributed by atoms with Gasteiger partial charge in [-0.05, 0) is 73.2 Å². The van der Waals surface area contributed by atoms with Crippen LogP contribution in [-0.2, 0) is 4.79 Å². The Morgan fingerprint density at radius 2 is 1.68 bits per heavy atom. The van der Waals surface area contributed by atoms with Crippen LogP contribution in [0.2, 0.25) is 15.1 Å². The zero-order valence-corrected chi connectivity index (χ0v) is 20.3. The van der Waals surface area contributed by atoms with Crippen LogP contribution in [0.3, 0.4) is 0 Å². The number of halogens is 3. The fourth-order valence-electron chi connectivity index (χ4n) is 2.66. The van der Waals surface area contributed by atoms with Crippen molar-refractivity contribution in [1.29, 1.82) is 0 Å². The van der Waals surface area contributed by atoms with Gasteiger partial charge < -0.3 is 14.2 Å². The normalized spacial score (nSPS) is 11.7. The fraction of sp³-hybridized carbons (Fsp3) is 0.125. The van der Waals surface area contributed by atoms with E-state index < -0.39 is 18.0 Å². The molecule has 0 spiro atoms. The molecule has 1 amide bonds. The number of nitrogens with zero attached hydrogens (tertiary/aromatic N) is 1. The molecule has 10 heteroatoms. The van der Waals surface area contributed by atoms with E-state index >= 15 is 0 Å². The molecular weight excluding hydrogens is 503 g/mol. The molecule has 0 saturated carbocycles. The van der Waals surface area contributed by atoms with Crippen LogP contribution >= 0.6 is 34.8 Å². The number of hydrazone groups is 1. The Hall–Kier alpha value is -3.26. The highest BCUT2D eigenvalue weighted by molar-refractivity contribution is 6.42. The monoisotopic (exact) mass is 520 g/mol. The maximum absolute atomic E-state index is 12.4. The molecule has 0 bridgehead atoms. The molecule has 0 aliphatic rings. The van der Waals surface area contributed by atoms with E-state index in [1.165, 1.54) is 31.5 Å². The number of ether oxygens (including phenoxy) is 3. The first-order chi connectivity index (χ1) is 16.3. The number of methoxy groups -OCH3 is 1. The summed E-state index contributed by atoms with van der Waals surface area (Å²) < 4.78 is 16.3. The Balaban J connectivity index is 1.60. The van der Waals surface area contributed by atoms with Crippen LogP contribution in [0, 0.1) is 0 Å². The highest BCUT2D eigenvalue weighted by Gasteiger charge is 2.15. The third kappa shape index (κ3) is 6.87. The molecule has 0 aliphatic carbocycles. The molecule has 176 valence electrons. The van der Waals surface area contributed by atoms with Gasteiger partial charge in [0.1, 0.15) is 5.75 Å². The van der Waals surface area contributed by atoms with Gasteiger partial charge in [-0.15, -0.1) is 0 Å². The predicted octanol–water partition coefficient (Wildman–Crippen LogP) is 5.79. The second-order valence-corrected chi connectivity index (χ2v) is 8.13. The molecule has 0 unspecified atom stereocenters. The number of hydrogen-bond donors (Lipinski definition) is 1. The van der Waals surface area contributed by atoms with Gasteiger partial charge in [-0.3, -0.25) is 4.79 Å². The van der Waals surface area contributed by atoms with Crippen LogP contribution in [0.5, 0.6) is 17.2 Å². The molecule has 7 nitrogen and oxygen atoms in total. The van der Waals surface area contributed by atoms with E-state index in [2.05, 4.69) is 10.5 Å². The minimum atomic E-state index is -0.781. The average molecular weight is 522 g/mol. The molecule has 0 aromatic heterocycles. The van der Waals surface area contributed by atoms with Crippen molar-refractivity contribution in [2.75, 3.05) is 7.11 Å². The Labute approximate surface area is 211 Å². The number of esters is 1. The Bertz CT molecular complexity index is 1220. The summed E-state index contributed by atoms with van der Waals surface area (Å²) in [5.74, 6) is -0.0646. The Morgan fingerprint density at radius 1 is 0.941 bits per heavy atom. The third-order valence-electron chi connectivity index (χ3n) is 4.43. The quantitative estimate of drug-likeness (QED) is 0.175. The number of carbonyl (C=O) groups is 2. The second-order valence-electron chi connectivity index (χ2n) is 6.88. The first-order valence-corrected chi connectivity index (χ1v) is 11.0. The van der Waals surface area contributed by atoms with Crippen molar-refractivity contribution in [2.24, 2.45) is 5.10 Å². The lowest BCUT2D eigenvalue weighted by atomic mass is 10.2. The van der Waals surface area contributed by atoms with Crippen LogP contribution < -0.4 is 19.6 Å². The molecule has 0 saturated heterocycles. The Morgan fingerprint density at radius 3 is 2.35 bits per heavy atom. The number of nitrogens with one attached hydrogen (secondary N) is 1. The van der Waals surface area contributed by atoms with E-state index in [0.717, 1.165) is 0 Å². The minimum Gasteiger partial charge on any atom is -0.493 e. The van der Waals surface area contributed by atoms with Crippen LogP contribution in [0.4, 0.5) is 0 Å². The lowest BCUT2D eigenvalue weighted by Gasteiger charge is -2.13. The maximum Gasteiger partial charge on any atom is 0.343 e. The van der Waals surface area contributed by atoms with Gasteiger partial charge in [-0.2, -0.15) is 5.10 Å². The molecule has 1 atom stereocenters. The number of benzene rings is 3. The molecule has 3 aromatic rings. The van der Waals surface area contributed by atoms with Gasteiger partial charge in [0.2, 0.25) is 0 Å². The zero-order valence-electron chi connectivity index (χ0n) is 18.1.